The van der Waals surface area contributed by atoms with Gasteiger partial charge in [0, 0.05) is 30.1 Å². The predicted octanol–water partition coefficient (Wildman–Crippen LogP) is 3.12. The van der Waals surface area contributed by atoms with Gasteiger partial charge in [-0.15, -0.1) is 0 Å². The summed E-state index contributed by atoms with van der Waals surface area (Å²) in [4.78, 5) is 24.1. The van der Waals surface area contributed by atoms with Crippen LogP contribution in [0.1, 0.15) is 21.8 Å². The molecule has 6 nitrogen and oxygen atoms in total. The molecule has 0 aromatic heterocycles. The number of carbonyl (C=O) groups excluding carboxylic acids is 2. The Kier molecular flexibility index (Phi) is 7.91. The summed E-state index contributed by atoms with van der Waals surface area (Å²) in [7, 11) is 1.59. The zero-order valence-corrected chi connectivity index (χ0v) is 15.3. The largest absolute Gasteiger partial charge is 0.496 e. The van der Waals surface area contributed by atoms with Crippen molar-refractivity contribution in [2.45, 2.75) is 5.92 Å². The van der Waals surface area contributed by atoms with E-state index in [2.05, 4.69) is 17.2 Å². The number of hydrogen-bond donors (Lipinski definition) is 2. The van der Waals surface area contributed by atoms with Crippen molar-refractivity contribution in [2.24, 2.45) is 0 Å². The van der Waals surface area contributed by atoms with E-state index in [1.165, 1.54) is 6.08 Å². The first-order valence-electron chi connectivity index (χ1n) is 8.63. The topological polar surface area (TPSA) is 76.7 Å². The summed E-state index contributed by atoms with van der Waals surface area (Å²) in [6.07, 6.45) is 0.960. The Morgan fingerprint density at radius 3 is 2.41 bits per heavy atom. The van der Waals surface area contributed by atoms with Crippen LogP contribution in [0.5, 0.6) is 5.75 Å². The van der Waals surface area contributed by atoms with Crippen molar-refractivity contribution < 1.29 is 19.1 Å². The van der Waals surface area contributed by atoms with Crippen LogP contribution in [-0.4, -0.2) is 38.8 Å². The molecular weight excluding hydrogens is 344 g/mol. The highest BCUT2D eigenvalue weighted by Crippen LogP contribution is 2.25. The molecule has 1 atom stereocenters. The van der Waals surface area contributed by atoms with Crippen LogP contribution in [0.2, 0.25) is 0 Å². The molecule has 0 aliphatic heterocycles. The van der Waals surface area contributed by atoms with Gasteiger partial charge in [0.25, 0.3) is 5.91 Å². The minimum Gasteiger partial charge on any atom is -0.496 e. The lowest BCUT2D eigenvalue weighted by Crippen LogP contribution is -2.36. The van der Waals surface area contributed by atoms with Crippen molar-refractivity contribution in [1.29, 1.82) is 0 Å². The smallest absolute Gasteiger partial charge is 0.407 e. The third-order valence-corrected chi connectivity index (χ3v) is 3.95. The van der Waals surface area contributed by atoms with Crippen molar-refractivity contribution in [3.8, 4) is 5.75 Å². The molecule has 6 heteroatoms. The monoisotopic (exact) mass is 368 g/mol. The molecule has 0 aliphatic rings. The van der Waals surface area contributed by atoms with Crippen molar-refractivity contribution >= 4 is 12.0 Å². The summed E-state index contributed by atoms with van der Waals surface area (Å²) in [6, 6.07) is 16.5. The fourth-order valence-corrected chi connectivity index (χ4v) is 2.60. The van der Waals surface area contributed by atoms with E-state index in [0.29, 0.717) is 17.9 Å². The normalized spacial score (nSPS) is 11.1. The van der Waals surface area contributed by atoms with E-state index < -0.39 is 6.09 Å². The highest BCUT2D eigenvalue weighted by atomic mass is 16.5. The molecule has 0 bridgehead atoms. The zero-order chi connectivity index (χ0) is 19.5. The van der Waals surface area contributed by atoms with Gasteiger partial charge in [0.1, 0.15) is 12.4 Å². The van der Waals surface area contributed by atoms with Crippen LogP contribution >= 0.6 is 0 Å². The van der Waals surface area contributed by atoms with Gasteiger partial charge in [-0.25, -0.2) is 4.79 Å². The molecule has 0 aliphatic carbocycles. The van der Waals surface area contributed by atoms with E-state index in [1.54, 1.807) is 19.2 Å². The summed E-state index contributed by atoms with van der Waals surface area (Å²) in [5.74, 6) is 0.326. The van der Waals surface area contributed by atoms with E-state index in [-0.39, 0.29) is 25.0 Å². The second-order valence-corrected chi connectivity index (χ2v) is 5.78. The molecule has 0 radical (unpaired) electrons. The number of para-hydroxylation sites is 1. The number of alkyl carbamates (subject to hydrolysis) is 1. The Hall–Kier alpha value is -3.28. The fraction of sp³-hybridized carbons (Fsp3) is 0.238. The average molecular weight is 368 g/mol. The summed E-state index contributed by atoms with van der Waals surface area (Å²) in [6.45, 7) is 4.25. The van der Waals surface area contributed by atoms with Gasteiger partial charge in [-0.05, 0) is 18.2 Å². The second kappa shape index (κ2) is 10.7. The van der Waals surface area contributed by atoms with Gasteiger partial charge >= 0.3 is 6.09 Å². The standard InChI is InChI=1S/C21H24N2O4/c1-3-13-27-21(25)23-15-17(18-11-7-8-12-19(18)26-2)14-22-20(24)16-9-5-4-6-10-16/h3-12,17H,1,13-15H2,2H3,(H,22,24)(H,23,25)/t17-/m1/s1. The molecule has 2 rings (SSSR count). The van der Waals surface area contributed by atoms with Crippen molar-refractivity contribution in [3.05, 3.63) is 78.4 Å². The molecule has 0 saturated heterocycles. The third-order valence-electron chi connectivity index (χ3n) is 3.95. The van der Waals surface area contributed by atoms with Crippen LogP contribution < -0.4 is 15.4 Å². The first-order valence-corrected chi connectivity index (χ1v) is 8.63. The maximum absolute atomic E-state index is 12.3. The summed E-state index contributed by atoms with van der Waals surface area (Å²) >= 11 is 0. The molecule has 27 heavy (non-hydrogen) atoms. The lowest BCUT2D eigenvalue weighted by atomic mass is 9.97. The molecular formula is C21H24N2O4. The number of amides is 2. The van der Waals surface area contributed by atoms with Crippen LogP contribution in [0.15, 0.2) is 67.3 Å². The summed E-state index contributed by atoms with van der Waals surface area (Å²) in [5.41, 5.74) is 1.46. The first kappa shape index (κ1) is 20.0. The Balaban J connectivity index is 2.08. The first-order chi connectivity index (χ1) is 13.2. The zero-order valence-electron chi connectivity index (χ0n) is 15.3. The minimum absolute atomic E-state index is 0.135. The number of nitrogens with one attached hydrogen (secondary N) is 2. The van der Waals surface area contributed by atoms with Crippen molar-refractivity contribution in [2.75, 3.05) is 26.8 Å². The maximum atomic E-state index is 12.3. The molecule has 0 saturated carbocycles. The lowest BCUT2D eigenvalue weighted by Gasteiger charge is -2.21. The molecule has 2 aromatic carbocycles. The van der Waals surface area contributed by atoms with E-state index in [1.807, 2.05) is 42.5 Å². The van der Waals surface area contributed by atoms with Gasteiger partial charge in [-0.1, -0.05) is 49.1 Å². The summed E-state index contributed by atoms with van der Waals surface area (Å²) in [5, 5.41) is 5.63. The SMILES string of the molecule is C=CCOC(=O)NC[C@@H](CNC(=O)c1ccccc1)c1ccccc1OC. The van der Waals surface area contributed by atoms with Crippen LogP contribution in [0, 0.1) is 0 Å². The Morgan fingerprint density at radius 1 is 1.04 bits per heavy atom. The molecule has 0 fully saturated rings. The second-order valence-electron chi connectivity index (χ2n) is 5.78. The van der Waals surface area contributed by atoms with Crippen molar-refractivity contribution in [1.82, 2.24) is 10.6 Å². The van der Waals surface area contributed by atoms with E-state index in [0.717, 1.165) is 5.56 Å². The predicted molar refractivity (Wildman–Crippen MR) is 104 cm³/mol. The van der Waals surface area contributed by atoms with Gasteiger partial charge < -0.3 is 20.1 Å². The van der Waals surface area contributed by atoms with E-state index >= 15 is 0 Å². The summed E-state index contributed by atoms with van der Waals surface area (Å²) < 4.78 is 10.4. The van der Waals surface area contributed by atoms with Crippen LogP contribution in [0.4, 0.5) is 4.79 Å². The number of benzene rings is 2. The molecule has 142 valence electrons. The van der Waals surface area contributed by atoms with Gasteiger partial charge in [-0.2, -0.15) is 0 Å². The number of rotatable bonds is 9. The van der Waals surface area contributed by atoms with Crippen LogP contribution in [-0.2, 0) is 4.74 Å². The Bertz CT molecular complexity index is 762. The molecule has 0 heterocycles. The number of carbonyl (C=O) groups is 2. The van der Waals surface area contributed by atoms with Gasteiger partial charge in [0.05, 0.1) is 7.11 Å². The number of methoxy groups -OCH3 is 1. The lowest BCUT2D eigenvalue weighted by molar-refractivity contribution is 0.0951. The Morgan fingerprint density at radius 2 is 1.70 bits per heavy atom. The fourth-order valence-electron chi connectivity index (χ4n) is 2.60. The molecule has 2 amide bonds. The highest BCUT2D eigenvalue weighted by molar-refractivity contribution is 5.94. The van der Waals surface area contributed by atoms with Gasteiger partial charge in [0.15, 0.2) is 0 Å². The highest BCUT2D eigenvalue weighted by Gasteiger charge is 2.18. The molecule has 0 spiro atoms. The number of ether oxygens (including phenoxy) is 2. The molecule has 2 aromatic rings. The quantitative estimate of drug-likeness (QED) is 0.667. The maximum Gasteiger partial charge on any atom is 0.407 e. The van der Waals surface area contributed by atoms with Crippen molar-refractivity contribution in [3.63, 3.8) is 0 Å². The van der Waals surface area contributed by atoms with E-state index in [4.69, 9.17) is 9.47 Å². The Labute approximate surface area is 159 Å². The average Bonchev–Trinajstić information content (AvgIpc) is 2.72. The van der Waals surface area contributed by atoms with Crippen LogP contribution in [0.3, 0.4) is 0 Å². The number of hydrogen-bond acceptors (Lipinski definition) is 4. The van der Waals surface area contributed by atoms with Gasteiger partial charge in [-0.3, -0.25) is 4.79 Å². The van der Waals surface area contributed by atoms with Crippen LogP contribution in [0.25, 0.3) is 0 Å². The molecule has 2 N–H and O–H groups in total. The van der Waals surface area contributed by atoms with E-state index in [9.17, 15) is 9.59 Å². The minimum atomic E-state index is -0.538. The molecule has 0 unspecified atom stereocenters. The van der Waals surface area contributed by atoms with Gasteiger partial charge in [0.2, 0.25) is 0 Å². The third kappa shape index (κ3) is 6.18.